The van der Waals surface area contributed by atoms with Gasteiger partial charge >= 0.3 is 0 Å². The lowest BCUT2D eigenvalue weighted by atomic mass is 10.1. The van der Waals surface area contributed by atoms with Crippen molar-refractivity contribution in [1.29, 1.82) is 0 Å². The molecule has 18 heavy (non-hydrogen) atoms. The van der Waals surface area contributed by atoms with Crippen LogP contribution >= 0.6 is 0 Å². The quantitative estimate of drug-likeness (QED) is 0.821. The Hall–Kier alpha value is -1.84. The predicted octanol–water partition coefficient (Wildman–Crippen LogP) is 2.83. The number of nitrogens with zero attached hydrogens (tertiary/aromatic N) is 2. The van der Waals surface area contributed by atoms with E-state index in [1.54, 1.807) is 0 Å². The minimum Gasteiger partial charge on any atom is -0.399 e. The van der Waals surface area contributed by atoms with Crippen LogP contribution in [0.1, 0.15) is 31.1 Å². The van der Waals surface area contributed by atoms with E-state index in [1.165, 1.54) is 19.3 Å². The van der Waals surface area contributed by atoms with Crippen LogP contribution < -0.4 is 5.73 Å². The largest absolute Gasteiger partial charge is 0.399 e. The highest BCUT2D eigenvalue weighted by molar-refractivity contribution is 5.60. The third kappa shape index (κ3) is 1.45. The molecular weight excluding hydrogens is 226 g/mol. The van der Waals surface area contributed by atoms with Gasteiger partial charge in [0, 0.05) is 17.2 Å². The van der Waals surface area contributed by atoms with Gasteiger partial charge in [-0.2, -0.15) is 4.98 Å². The Bertz CT molecular complexity index is 582. The van der Waals surface area contributed by atoms with E-state index in [9.17, 15) is 0 Å². The Morgan fingerprint density at radius 1 is 1.22 bits per heavy atom. The summed E-state index contributed by atoms with van der Waals surface area (Å²) in [6, 6.07) is 7.60. The molecule has 2 unspecified atom stereocenters. The van der Waals surface area contributed by atoms with Gasteiger partial charge in [0.15, 0.2) is 0 Å². The number of rotatable bonds is 2. The van der Waals surface area contributed by atoms with E-state index in [1.807, 2.05) is 24.3 Å². The molecule has 2 saturated carbocycles. The van der Waals surface area contributed by atoms with Gasteiger partial charge in [-0.15, -0.1) is 0 Å². The third-order valence-corrected chi connectivity index (χ3v) is 4.28. The number of nitrogen functional groups attached to an aromatic ring is 1. The lowest BCUT2D eigenvalue weighted by Crippen LogP contribution is -1.89. The normalized spacial score (nSPS) is 29.2. The smallest absolute Gasteiger partial charge is 0.230 e. The van der Waals surface area contributed by atoms with Gasteiger partial charge in [-0.1, -0.05) is 23.7 Å². The van der Waals surface area contributed by atoms with Crippen LogP contribution in [0.15, 0.2) is 28.8 Å². The Morgan fingerprint density at radius 2 is 2.06 bits per heavy atom. The zero-order chi connectivity index (χ0) is 12.1. The molecule has 0 radical (unpaired) electrons. The molecule has 4 rings (SSSR count). The molecule has 1 aromatic heterocycles. The highest BCUT2D eigenvalue weighted by Gasteiger charge is 2.56. The molecular formula is C14H15N3O. The molecule has 2 aliphatic carbocycles. The van der Waals surface area contributed by atoms with Gasteiger partial charge in [0.25, 0.3) is 0 Å². The fraction of sp³-hybridized carbons (Fsp3) is 0.429. The summed E-state index contributed by atoms with van der Waals surface area (Å²) in [6.07, 6.45) is 4.01. The van der Waals surface area contributed by atoms with Crippen LogP contribution in [-0.2, 0) is 0 Å². The SMILES string of the molecule is Nc1cccc(-c2noc(C3C4CCCC43)n2)c1. The summed E-state index contributed by atoms with van der Waals surface area (Å²) in [5, 5.41) is 4.07. The molecule has 0 saturated heterocycles. The second-order valence-electron chi connectivity index (χ2n) is 5.37. The first-order valence-corrected chi connectivity index (χ1v) is 6.52. The number of anilines is 1. The van der Waals surface area contributed by atoms with Crippen LogP contribution in [0.25, 0.3) is 11.4 Å². The highest BCUT2D eigenvalue weighted by atomic mass is 16.5. The maximum Gasteiger partial charge on any atom is 0.230 e. The van der Waals surface area contributed by atoms with Crippen LogP contribution in [0, 0.1) is 11.8 Å². The van der Waals surface area contributed by atoms with E-state index in [2.05, 4.69) is 10.1 Å². The lowest BCUT2D eigenvalue weighted by molar-refractivity contribution is 0.368. The number of nitrogens with two attached hydrogens (primary N) is 1. The average Bonchev–Trinajstić information content (AvgIpc) is 2.82. The van der Waals surface area contributed by atoms with Crippen molar-refractivity contribution in [2.75, 3.05) is 5.73 Å². The molecule has 92 valence electrons. The number of hydrogen-bond donors (Lipinski definition) is 1. The van der Waals surface area contributed by atoms with Crippen molar-refractivity contribution in [3.63, 3.8) is 0 Å². The monoisotopic (exact) mass is 241 g/mol. The number of hydrogen-bond acceptors (Lipinski definition) is 4. The van der Waals surface area contributed by atoms with E-state index in [0.29, 0.717) is 11.7 Å². The molecule has 2 fully saturated rings. The zero-order valence-electron chi connectivity index (χ0n) is 10.0. The Labute approximate surface area is 105 Å². The zero-order valence-corrected chi connectivity index (χ0v) is 10.0. The molecule has 2 atom stereocenters. The van der Waals surface area contributed by atoms with Gasteiger partial charge in [0.2, 0.25) is 11.7 Å². The van der Waals surface area contributed by atoms with Crippen molar-refractivity contribution >= 4 is 5.69 Å². The summed E-state index contributed by atoms with van der Waals surface area (Å²) < 4.78 is 5.42. The molecule has 4 nitrogen and oxygen atoms in total. The van der Waals surface area contributed by atoms with Crippen molar-refractivity contribution in [3.8, 4) is 11.4 Å². The van der Waals surface area contributed by atoms with E-state index in [4.69, 9.17) is 10.3 Å². The van der Waals surface area contributed by atoms with Crippen molar-refractivity contribution in [3.05, 3.63) is 30.2 Å². The van der Waals surface area contributed by atoms with Crippen molar-refractivity contribution < 1.29 is 4.52 Å². The van der Waals surface area contributed by atoms with E-state index in [-0.39, 0.29) is 0 Å². The Morgan fingerprint density at radius 3 is 2.83 bits per heavy atom. The van der Waals surface area contributed by atoms with Gasteiger partial charge in [-0.05, 0) is 36.8 Å². The van der Waals surface area contributed by atoms with E-state index >= 15 is 0 Å². The first-order chi connectivity index (χ1) is 8.83. The summed E-state index contributed by atoms with van der Waals surface area (Å²) in [5.74, 6) is 3.61. The molecule has 2 aromatic rings. The Kier molecular flexibility index (Phi) is 2.01. The van der Waals surface area contributed by atoms with E-state index < -0.39 is 0 Å². The Balaban J connectivity index is 1.62. The fourth-order valence-electron chi connectivity index (χ4n) is 3.35. The minimum absolute atomic E-state index is 0.529. The second kappa shape index (κ2) is 3.57. The lowest BCUT2D eigenvalue weighted by Gasteiger charge is -1.96. The molecule has 0 amide bonds. The van der Waals surface area contributed by atoms with Gasteiger partial charge in [0.1, 0.15) is 0 Å². The van der Waals surface area contributed by atoms with Crippen LogP contribution in [0.2, 0.25) is 0 Å². The number of fused-ring (bicyclic) bond motifs is 1. The summed E-state index contributed by atoms with van der Waals surface area (Å²) >= 11 is 0. The van der Waals surface area contributed by atoms with Crippen LogP contribution in [0.5, 0.6) is 0 Å². The maximum absolute atomic E-state index is 5.76. The molecule has 2 aliphatic rings. The molecule has 0 spiro atoms. The summed E-state index contributed by atoms with van der Waals surface area (Å²) in [6.45, 7) is 0. The van der Waals surface area contributed by atoms with Gasteiger partial charge in [-0.3, -0.25) is 0 Å². The summed E-state index contributed by atoms with van der Waals surface area (Å²) in [4.78, 5) is 4.53. The second-order valence-corrected chi connectivity index (χ2v) is 5.37. The standard InChI is InChI=1S/C14H15N3O/c15-9-4-1-3-8(7-9)13-16-14(18-17-13)12-10-5-2-6-11(10)12/h1,3-4,7,10-12H,2,5-6,15H2. The average molecular weight is 241 g/mol. The summed E-state index contributed by atoms with van der Waals surface area (Å²) in [5.41, 5.74) is 7.41. The number of benzene rings is 1. The molecule has 0 aliphatic heterocycles. The third-order valence-electron chi connectivity index (χ3n) is 4.28. The molecule has 1 aromatic carbocycles. The first-order valence-electron chi connectivity index (χ1n) is 6.52. The molecule has 2 N–H and O–H groups in total. The van der Waals surface area contributed by atoms with Crippen LogP contribution in [0.3, 0.4) is 0 Å². The molecule has 0 bridgehead atoms. The predicted molar refractivity (Wildman–Crippen MR) is 67.7 cm³/mol. The van der Waals surface area contributed by atoms with Crippen molar-refractivity contribution in [1.82, 2.24) is 10.1 Å². The minimum atomic E-state index is 0.529. The van der Waals surface area contributed by atoms with E-state index in [0.717, 1.165) is 29.0 Å². The van der Waals surface area contributed by atoms with Gasteiger partial charge < -0.3 is 10.3 Å². The van der Waals surface area contributed by atoms with Crippen molar-refractivity contribution in [2.24, 2.45) is 11.8 Å². The molecule has 1 heterocycles. The van der Waals surface area contributed by atoms with Gasteiger partial charge in [0.05, 0.1) is 0 Å². The maximum atomic E-state index is 5.76. The fourth-order valence-corrected chi connectivity index (χ4v) is 3.35. The van der Waals surface area contributed by atoms with Crippen molar-refractivity contribution in [2.45, 2.75) is 25.2 Å². The topological polar surface area (TPSA) is 64.9 Å². The van der Waals surface area contributed by atoms with Gasteiger partial charge in [-0.25, -0.2) is 0 Å². The number of aromatic nitrogens is 2. The summed E-state index contributed by atoms with van der Waals surface area (Å²) in [7, 11) is 0. The molecule has 4 heteroatoms. The highest BCUT2D eigenvalue weighted by Crippen LogP contribution is 2.62. The first kappa shape index (κ1) is 10.1. The van der Waals surface area contributed by atoms with Crippen LogP contribution in [-0.4, -0.2) is 10.1 Å². The van der Waals surface area contributed by atoms with Crippen LogP contribution in [0.4, 0.5) is 5.69 Å².